The minimum Gasteiger partial charge on any atom is -0.491 e. The predicted octanol–water partition coefficient (Wildman–Crippen LogP) is 2.08. The topological polar surface area (TPSA) is 122 Å². The van der Waals surface area contributed by atoms with Gasteiger partial charge in [-0.1, -0.05) is 18.2 Å². The summed E-state index contributed by atoms with van der Waals surface area (Å²) in [5, 5.41) is 25.7. The molecule has 3 N–H and O–H groups in total. The zero-order valence-corrected chi connectivity index (χ0v) is 16.8. The number of aliphatic hydroxyl groups is 2. The maximum absolute atomic E-state index is 12.8. The molecule has 0 spiro atoms. The Morgan fingerprint density at radius 2 is 2.03 bits per heavy atom. The molecule has 9 heteroatoms. The monoisotopic (exact) mass is 419 g/mol. The molecular formula is C22H21N5O4. The van der Waals surface area contributed by atoms with Crippen molar-refractivity contribution in [2.75, 3.05) is 18.5 Å². The van der Waals surface area contributed by atoms with E-state index in [2.05, 4.69) is 20.4 Å². The quantitative estimate of drug-likeness (QED) is 0.419. The van der Waals surface area contributed by atoms with Crippen molar-refractivity contribution in [2.45, 2.75) is 13.0 Å². The van der Waals surface area contributed by atoms with Crippen LogP contribution in [0.3, 0.4) is 0 Å². The van der Waals surface area contributed by atoms with Crippen LogP contribution in [0.1, 0.15) is 16.2 Å². The fourth-order valence-electron chi connectivity index (χ4n) is 2.97. The molecule has 31 heavy (non-hydrogen) atoms. The second-order valence-corrected chi connectivity index (χ2v) is 6.93. The summed E-state index contributed by atoms with van der Waals surface area (Å²) in [6, 6.07) is 16.1. The minimum absolute atomic E-state index is 0.0226. The van der Waals surface area contributed by atoms with E-state index in [0.717, 1.165) is 11.3 Å². The molecule has 1 amide bonds. The summed E-state index contributed by atoms with van der Waals surface area (Å²) < 4.78 is 6.98. The lowest BCUT2D eigenvalue weighted by molar-refractivity contribution is 0.0536. The van der Waals surface area contributed by atoms with E-state index in [4.69, 9.17) is 9.84 Å². The smallest absolute Gasteiger partial charge is 0.277 e. The van der Waals surface area contributed by atoms with Crippen molar-refractivity contribution in [3.8, 4) is 17.0 Å². The van der Waals surface area contributed by atoms with Gasteiger partial charge in [0.25, 0.3) is 5.91 Å². The van der Waals surface area contributed by atoms with E-state index in [-0.39, 0.29) is 24.8 Å². The van der Waals surface area contributed by atoms with Gasteiger partial charge in [-0.3, -0.25) is 4.79 Å². The average molecular weight is 419 g/mol. The van der Waals surface area contributed by atoms with Gasteiger partial charge >= 0.3 is 0 Å². The fourth-order valence-corrected chi connectivity index (χ4v) is 2.97. The third kappa shape index (κ3) is 4.68. The summed E-state index contributed by atoms with van der Waals surface area (Å²) in [5.41, 5.74) is 2.98. The number of anilines is 1. The molecule has 158 valence electrons. The first kappa shape index (κ1) is 20.5. The number of nitrogens with one attached hydrogen (secondary N) is 1. The first-order valence-electron chi connectivity index (χ1n) is 9.65. The second kappa shape index (κ2) is 8.90. The first-order valence-corrected chi connectivity index (χ1v) is 9.65. The lowest BCUT2D eigenvalue weighted by Gasteiger charge is -2.11. The molecule has 4 aromatic rings. The summed E-state index contributed by atoms with van der Waals surface area (Å²) in [4.78, 5) is 21.3. The van der Waals surface area contributed by atoms with Gasteiger partial charge in [-0.25, -0.2) is 14.5 Å². The number of hydrogen-bond donors (Lipinski definition) is 3. The van der Waals surface area contributed by atoms with Crippen LogP contribution in [0.4, 0.5) is 5.82 Å². The number of carbonyl (C=O) groups is 1. The van der Waals surface area contributed by atoms with Crippen LogP contribution in [0.5, 0.6) is 5.75 Å². The lowest BCUT2D eigenvalue weighted by atomic mass is 10.1. The lowest BCUT2D eigenvalue weighted by Crippen LogP contribution is -2.21. The third-order valence-electron chi connectivity index (χ3n) is 4.51. The van der Waals surface area contributed by atoms with Crippen molar-refractivity contribution < 1.29 is 19.7 Å². The van der Waals surface area contributed by atoms with Gasteiger partial charge in [-0.15, -0.1) is 0 Å². The van der Waals surface area contributed by atoms with Gasteiger partial charge in [0, 0.05) is 11.3 Å². The van der Waals surface area contributed by atoms with Gasteiger partial charge in [-0.2, -0.15) is 5.10 Å². The number of pyridine rings is 1. The normalized spacial score (nSPS) is 12.0. The molecule has 1 atom stereocenters. The number of benzene rings is 1. The Balaban J connectivity index is 1.60. The van der Waals surface area contributed by atoms with E-state index < -0.39 is 6.10 Å². The van der Waals surface area contributed by atoms with Gasteiger partial charge in [-0.05, 0) is 43.3 Å². The predicted molar refractivity (Wildman–Crippen MR) is 114 cm³/mol. The van der Waals surface area contributed by atoms with Crippen LogP contribution in [0, 0.1) is 6.92 Å². The number of amides is 1. The van der Waals surface area contributed by atoms with Crippen LogP contribution >= 0.6 is 0 Å². The number of rotatable bonds is 7. The number of carbonyl (C=O) groups excluding carboxylic acids is 1. The SMILES string of the molecule is Cc1cccc(NC(=O)c2cnc3ccc(-c4cccc(OCC(O)CO)c4)nn23)n1. The molecule has 1 unspecified atom stereocenters. The average Bonchev–Trinajstić information content (AvgIpc) is 3.21. The Kier molecular flexibility index (Phi) is 5.87. The Morgan fingerprint density at radius 1 is 1.19 bits per heavy atom. The van der Waals surface area contributed by atoms with Crippen LogP contribution < -0.4 is 10.1 Å². The van der Waals surface area contributed by atoms with Gasteiger partial charge in [0.15, 0.2) is 11.3 Å². The highest BCUT2D eigenvalue weighted by molar-refractivity contribution is 6.02. The van der Waals surface area contributed by atoms with Crippen LogP contribution in [-0.2, 0) is 0 Å². The van der Waals surface area contributed by atoms with Crippen LogP contribution in [-0.4, -0.2) is 55.0 Å². The number of nitrogens with zero attached hydrogens (tertiary/aromatic N) is 4. The first-order chi connectivity index (χ1) is 15.0. The molecular weight excluding hydrogens is 398 g/mol. The number of aliphatic hydroxyl groups excluding tert-OH is 2. The van der Waals surface area contributed by atoms with Crippen molar-refractivity contribution in [1.29, 1.82) is 0 Å². The molecule has 1 aromatic carbocycles. The number of fused-ring (bicyclic) bond motifs is 1. The van der Waals surface area contributed by atoms with Gasteiger partial charge in [0.05, 0.1) is 18.5 Å². The molecule has 0 radical (unpaired) electrons. The Morgan fingerprint density at radius 3 is 2.84 bits per heavy atom. The van der Waals surface area contributed by atoms with Crippen molar-refractivity contribution in [1.82, 2.24) is 19.6 Å². The Labute approximate surface area is 178 Å². The maximum atomic E-state index is 12.8. The summed E-state index contributed by atoms with van der Waals surface area (Å²) in [5.74, 6) is 0.609. The number of aryl methyl sites for hydroxylation is 1. The van der Waals surface area contributed by atoms with Crippen LogP contribution in [0.15, 0.2) is 60.8 Å². The molecule has 4 rings (SSSR count). The highest BCUT2D eigenvalue weighted by atomic mass is 16.5. The highest BCUT2D eigenvalue weighted by Crippen LogP contribution is 2.23. The van der Waals surface area contributed by atoms with E-state index in [0.29, 0.717) is 22.9 Å². The molecule has 9 nitrogen and oxygen atoms in total. The van der Waals surface area contributed by atoms with Crippen molar-refractivity contribution in [3.05, 3.63) is 72.2 Å². The summed E-state index contributed by atoms with van der Waals surface area (Å²) >= 11 is 0. The van der Waals surface area contributed by atoms with E-state index in [1.165, 1.54) is 10.7 Å². The van der Waals surface area contributed by atoms with Crippen molar-refractivity contribution >= 4 is 17.4 Å². The molecule has 0 bridgehead atoms. The summed E-state index contributed by atoms with van der Waals surface area (Å²) in [7, 11) is 0. The molecule has 3 aromatic heterocycles. The minimum atomic E-state index is -0.951. The van der Waals surface area contributed by atoms with E-state index in [1.807, 2.05) is 25.1 Å². The molecule has 0 aliphatic rings. The number of ether oxygens (including phenoxy) is 1. The van der Waals surface area contributed by atoms with Crippen molar-refractivity contribution in [3.63, 3.8) is 0 Å². The van der Waals surface area contributed by atoms with Crippen molar-refractivity contribution in [2.24, 2.45) is 0 Å². The molecule has 0 fully saturated rings. The van der Waals surface area contributed by atoms with Crippen LogP contribution in [0.2, 0.25) is 0 Å². The van der Waals surface area contributed by atoms with E-state index >= 15 is 0 Å². The molecule has 3 heterocycles. The largest absolute Gasteiger partial charge is 0.491 e. The Bertz CT molecular complexity index is 1220. The maximum Gasteiger partial charge on any atom is 0.277 e. The summed E-state index contributed by atoms with van der Waals surface area (Å²) in [6.07, 6.45) is 0.514. The number of imidazole rings is 1. The van der Waals surface area contributed by atoms with Gasteiger partial charge in [0.2, 0.25) is 0 Å². The van der Waals surface area contributed by atoms with E-state index in [9.17, 15) is 9.90 Å². The third-order valence-corrected chi connectivity index (χ3v) is 4.51. The van der Waals surface area contributed by atoms with Gasteiger partial charge in [0.1, 0.15) is 24.3 Å². The highest BCUT2D eigenvalue weighted by Gasteiger charge is 2.15. The summed E-state index contributed by atoms with van der Waals surface area (Å²) in [6.45, 7) is 1.45. The molecule has 0 saturated heterocycles. The number of aromatic nitrogens is 4. The standard InChI is InChI=1S/C22H21N5O4/c1-14-4-2-7-20(24-14)25-22(30)19-11-23-21-9-8-18(26-27(19)21)15-5-3-6-17(10-15)31-13-16(29)12-28/h2-11,16,28-29H,12-13H2,1H3,(H,24,25,30). The number of hydrogen-bond acceptors (Lipinski definition) is 7. The van der Waals surface area contributed by atoms with Crippen LogP contribution in [0.25, 0.3) is 16.9 Å². The molecule has 0 aliphatic carbocycles. The zero-order chi connectivity index (χ0) is 21.8. The Hall–Kier alpha value is -3.82. The zero-order valence-electron chi connectivity index (χ0n) is 16.8. The van der Waals surface area contributed by atoms with Gasteiger partial charge < -0.3 is 20.3 Å². The molecule has 0 aliphatic heterocycles. The fraction of sp³-hybridized carbons (Fsp3) is 0.182. The second-order valence-electron chi connectivity index (χ2n) is 6.93. The molecule has 0 saturated carbocycles. The van der Waals surface area contributed by atoms with E-state index in [1.54, 1.807) is 36.4 Å².